The highest BCUT2D eigenvalue weighted by molar-refractivity contribution is 7.95. The van der Waals surface area contributed by atoms with Gasteiger partial charge >= 0.3 is 0 Å². The molecule has 2 aliphatic rings. The molecule has 6 nitrogen and oxygen atoms in total. The van der Waals surface area contributed by atoms with Gasteiger partial charge in [0.1, 0.15) is 0 Å². The summed E-state index contributed by atoms with van der Waals surface area (Å²) in [7, 11) is -7.18. The van der Waals surface area contributed by atoms with E-state index in [9.17, 15) is 16.8 Å². The fourth-order valence-corrected chi connectivity index (χ4v) is 6.67. The highest BCUT2D eigenvalue weighted by Gasteiger charge is 2.31. The zero-order valence-electron chi connectivity index (χ0n) is 16.1. The molecule has 1 saturated heterocycles. The van der Waals surface area contributed by atoms with Gasteiger partial charge in [-0.3, -0.25) is 4.31 Å². The van der Waals surface area contributed by atoms with E-state index in [-0.39, 0.29) is 4.90 Å². The average molecular weight is 433 g/mol. The molecule has 8 heteroatoms. The minimum atomic E-state index is -3.65. The van der Waals surface area contributed by atoms with Crippen LogP contribution in [0.3, 0.4) is 0 Å². The molecule has 0 radical (unpaired) electrons. The van der Waals surface area contributed by atoms with Crippen molar-refractivity contribution in [2.45, 2.75) is 30.6 Å². The molecule has 29 heavy (non-hydrogen) atoms. The van der Waals surface area contributed by atoms with Crippen molar-refractivity contribution in [1.29, 1.82) is 0 Å². The molecule has 2 aliphatic heterocycles. The Morgan fingerprint density at radius 1 is 0.828 bits per heavy atom. The van der Waals surface area contributed by atoms with Crippen molar-refractivity contribution < 1.29 is 16.8 Å². The first-order chi connectivity index (χ1) is 13.9. The van der Waals surface area contributed by atoms with Gasteiger partial charge in [0, 0.05) is 19.6 Å². The van der Waals surface area contributed by atoms with Gasteiger partial charge in [-0.15, -0.1) is 0 Å². The lowest BCUT2D eigenvalue weighted by atomic mass is 10.2. The van der Waals surface area contributed by atoms with E-state index in [1.807, 2.05) is 30.3 Å². The third-order valence-electron chi connectivity index (χ3n) is 5.40. The number of benzene rings is 2. The maximum Gasteiger partial charge on any atom is 0.257 e. The van der Waals surface area contributed by atoms with E-state index in [2.05, 4.69) is 0 Å². The minimum absolute atomic E-state index is 0.247. The highest BCUT2D eigenvalue weighted by atomic mass is 32.2. The van der Waals surface area contributed by atoms with Crippen molar-refractivity contribution in [3.05, 3.63) is 65.1 Å². The third kappa shape index (κ3) is 4.10. The topological polar surface area (TPSA) is 74.8 Å². The fraction of sp³-hybridized carbons (Fsp3) is 0.333. The van der Waals surface area contributed by atoms with E-state index in [1.54, 1.807) is 18.2 Å². The van der Waals surface area contributed by atoms with Crippen LogP contribution in [0, 0.1) is 0 Å². The largest absolute Gasteiger partial charge is 0.266 e. The summed E-state index contributed by atoms with van der Waals surface area (Å²) in [4.78, 5) is 0.247. The molecule has 0 aliphatic carbocycles. The van der Waals surface area contributed by atoms with E-state index in [1.165, 1.54) is 20.1 Å². The summed E-state index contributed by atoms with van der Waals surface area (Å²) < 4.78 is 54.3. The SMILES string of the molecule is O=S(=O)(C=Cc1ccccc1)N1CCc2cc(S(=O)(=O)N3CCCCC3)ccc21. The van der Waals surface area contributed by atoms with Gasteiger partial charge in [-0.1, -0.05) is 36.8 Å². The van der Waals surface area contributed by atoms with Gasteiger partial charge in [0.25, 0.3) is 10.0 Å². The Morgan fingerprint density at radius 2 is 1.55 bits per heavy atom. The van der Waals surface area contributed by atoms with Crippen LogP contribution in [0.15, 0.2) is 58.8 Å². The van der Waals surface area contributed by atoms with Gasteiger partial charge in [0.2, 0.25) is 10.0 Å². The van der Waals surface area contributed by atoms with Crippen molar-refractivity contribution in [2.75, 3.05) is 23.9 Å². The van der Waals surface area contributed by atoms with Gasteiger partial charge in [-0.25, -0.2) is 16.8 Å². The standard InChI is InChI=1S/C21H24N2O4S2/c24-28(25,16-12-18-7-3-1-4-8-18)23-15-11-19-17-20(9-10-21(19)23)29(26,27)22-13-5-2-6-14-22/h1,3-4,7-10,12,16-17H,2,5-6,11,13-15H2. The summed E-state index contributed by atoms with van der Waals surface area (Å²) in [6.45, 7) is 1.40. The molecule has 0 bridgehead atoms. The van der Waals surface area contributed by atoms with Crippen molar-refractivity contribution in [3.8, 4) is 0 Å². The zero-order chi connectivity index (χ0) is 20.5. The van der Waals surface area contributed by atoms with E-state index < -0.39 is 20.0 Å². The van der Waals surface area contributed by atoms with Crippen molar-refractivity contribution in [1.82, 2.24) is 4.31 Å². The molecule has 154 valence electrons. The molecular formula is C21H24N2O4S2. The number of anilines is 1. The summed E-state index contributed by atoms with van der Waals surface area (Å²) in [5.41, 5.74) is 2.11. The van der Waals surface area contributed by atoms with E-state index in [4.69, 9.17) is 0 Å². The molecule has 4 rings (SSSR count). The molecule has 0 unspecified atom stereocenters. The molecule has 0 N–H and O–H groups in total. The Balaban J connectivity index is 1.59. The lowest BCUT2D eigenvalue weighted by Crippen LogP contribution is -2.35. The Labute approximate surface area is 172 Å². The second-order valence-corrected chi connectivity index (χ2v) is 11.0. The van der Waals surface area contributed by atoms with Crippen molar-refractivity contribution in [2.24, 2.45) is 0 Å². The average Bonchev–Trinajstić information content (AvgIpc) is 3.18. The number of piperidine rings is 1. The summed E-state index contributed by atoms with van der Waals surface area (Å²) >= 11 is 0. The number of hydrogen-bond acceptors (Lipinski definition) is 4. The number of rotatable bonds is 5. The normalized spacial score (nSPS) is 18.3. The molecule has 2 aromatic rings. The van der Waals surface area contributed by atoms with Crippen LogP contribution in [0.4, 0.5) is 5.69 Å². The molecule has 0 spiro atoms. The van der Waals surface area contributed by atoms with Gasteiger partial charge < -0.3 is 0 Å². The van der Waals surface area contributed by atoms with Crippen molar-refractivity contribution in [3.63, 3.8) is 0 Å². The van der Waals surface area contributed by atoms with Gasteiger partial charge in [-0.05, 0) is 54.7 Å². The molecule has 0 aromatic heterocycles. The second-order valence-electron chi connectivity index (χ2n) is 7.34. The van der Waals surface area contributed by atoms with Crippen LogP contribution in [0.25, 0.3) is 6.08 Å². The van der Waals surface area contributed by atoms with Crippen LogP contribution >= 0.6 is 0 Å². The summed E-state index contributed by atoms with van der Waals surface area (Å²) in [6.07, 6.45) is 4.88. The first-order valence-corrected chi connectivity index (χ1v) is 12.7. The molecule has 0 amide bonds. The first kappa shape index (κ1) is 20.1. The van der Waals surface area contributed by atoms with Crippen LogP contribution in [-0.4, -0.2) is 40.8 Å². The van der Waals surface area contributed by atoms with Crippen LogP contribution in [0.2, 0.25) is 0 Å². The number of hydrogen-bond donors (Lipinski definition) is 0. The van der Waals surface area contributed by atoms with Crippen LogP contribution in [-0.2, 0) is 26.5 Å². The quantitative estimate of drug-likeness (QED) is 0.727. The molecule has 2 heterocycles. The number of sulfonamides is 2. The number of fused-ring (bicyclic) bond motifs is 1. The molecular weight excluding hydrogens is 408 g/mol. The van der Waals surface area contributed by atoms with Gasteiger partial charge in [0.15, 0.2) is 0 Å². The fourth-order valence-electron chi connectivity index (χ4n) is 3.83. The lowest BCUT2D eigenvalue weighted by molar-refractivity contribution is 0.346. The first-order valence-electron chi connectivity index (χ1n) is 9.77. The van der Waals surface area contributed by atoms with Crippen LogP contribution < -0.4 is 4.31 Å². The maximum atomic E-state index is 12.9. The molecule has 0 saturated carbocycles. The predicted molar refractivity (Wildman–Crippen MR) is 114 cm³/mol. The summed E-state index contributed by atoms with van der Waals surface area (Å²) in [5, 5.41) is 1.20. The minimum Gasteiger partial charge on any atom is -0.266 e. The van der Waals surface area contributed by atoms with E-state index >= 15 is 0 Å². The van der Waals surface area contributed by atoms with Gasteiger partial charge in [-0.2, -0.15) is 4.31 Å². The maximum absolute atomic E-state index is 12.9. The molecule has 2 aromatic carbocycles. The Kier molecular flexibility index (Phi) is 5.50. The third-order valence-corrected chi connectivity index (χ3v) is 8.76. The van der Waals surface area contributed by atoms with Gasteiger partial charge in [0.05, 0.1) is 16.0 Å². The Morgan fingerprint density at radius 3 is 2.28 bits per heavy atom. The Hall–Kier alpha value is -2.16. The van der Waals surface area contributed by atoms with Crippen LogP contribution in [0.1, 0.15) is 30.4 Å². The monoisotopic (exact) mass is 432 g/mol. The lowest BCUT2D eigenvalue weighted by Gasteiger charge is -2.26. The van der Waals surface area contributed by atoms with Crippen LogP contribution in [0.5, 0.6) is 0 Å². The second kappa shape index (κ2) is 7.93. The predicted octanol–water partition coefficient (Wildman–Crippen LogP) is 3.22. The van der Waals surface area contributed by atoms with Crippen molar-refractivity contribution >= 4 is 31.8 Å². The molecule has 0 atom stereocenters. The summed E-state index contributed by atoms with van der Waals surface area (Å²) in [6, 6.07) is 14.0. The number of nitrogens with zero attached hydrogens (tertiary/aromatic N) is 2. The molecule has 1 fully saturated rings. The summed E-state index contributed by atoms with van der Waals surface area (Å²) in [5.74, 6) is 0. The van der Waals surface area contributed by atoms with E-state index in [0.29, 0.717) is 31.7 Å². The Bertz CT molecular complexity index is 1120. The van der Waals surface area contributed by atoms with E-state index in [0.717, 1.165) is 30.4 Å². The highest BCUT2D eigenvalue weighted by Crippen LogP contribution is 2.34. The smallest absolute Gasteiger partial charge is 0.257 e. The zero-order valence-corrected chi connectivity index (χ0v) is 17.7.